The maximum atomic E-state index is 12.6. The summed E-state index contributed by atoms with van der Waals surface area (Å²) in [6.45, 7) is 2.17. The first-order valence-electron chi connectivity index (χ1n) is 9.73. The monoisotopic (exact) mass is 410 g/mol. The molecule has 4 aromatic heterocycles. The molecule has 0 radical (unpaired) electrons. The highest BCUT2D eigenvalue weighted by atomic mass is 16.5. The summed E-state index contributed by atoms with van der Waals surface area (Å²) in [4.78, 5) is 28.3. The molecule has 1 aromatic carbocycles. The summed E-state index contributed by atoms with van der Waals surface area (Å²) >= 11 is 0. The number of aryl methyl sites for hydroxylation is 1. The Hall–Kier alpha value is -4.33. The predicted octanol–water partition coefficient (Wildman–Crippen LogP) is 3.91. The van der Waals surface area contributed by atoms with Gasteiger partial charge in [0.05, 0.1) is 5.69 Å². The Morgan fingerprint density at radius 2 is 1.87 bits per heavy atom. The summed E-state index contributed by atoms with van der Waals surface area (Å²) < 4.78 is 5.06. The van der Waals surface area contributed by atoms with E-state index < -0.39 is 0 Å². The molecule has 0 atom stereocenters. The largest absolute Gasteiger partial charge is 0.352 e. The van der Waals surface area contributed by atoms with Crippen molar-refractivity contribution in [3.63, 3.8) is 0 Å². The molecule has 2 N–H and O–H groups in total. The van der Waals surface area contributed by atoms with Crippen molar-refractivity contribution < 1.29 is 9.32 Å². The highest BCUT2D eigenvalue weighted by Crippen LogP contribution is 2.27. The molecule has 1 amide bonds. The van der Waals surface area contributed by atoms with Crippen LogP contribution in [0, 0.1) is 6.92 Å². The van der Waals surface area contributed by atoms with Gasteiger partial charge in [-0.1, -0.05) is 11.2 Å². The van der Waals surface area contributed by atoms with Crippen LogP contribution in [0.2, 0.25) is 0 Å². The van der Waals surface area contributed by atoms with Crippen molar-refractivity contribution >= 4 is 16.8 Å². The van der Waals surface area contributed by atoms with Crippen LogP contribution in [0.4, 0.5) is 0 Å². The number of aromatic amines is 1. The number of hydrogen-bond donors (Lipinski definition) is 2. The van der Waals surface area contributed by atoms with Crippen LogP contribution in [-0.4, -0.2) is 31.0 Å². The fourth-order valence-corrected chi connectivity index (χ4v) is 3.35. The summed E-state index contributed by atoms with van der Waals surface area (Å²) in [5.74, 6) is 0.810. The van der Waals surface area contributed by atoms with Crippen LogP contribution < -0.4 is 5.32 Å². The van der Waals surface area contributed by atoms with Crippen LogP contribution in [0.1, 0.15) is 21.9 Å². The smallest absolute Gasteiger partial charge is 0.270 e. The summed E-state index contributed by atoms with van der Waals surface area (Å²) in [5.41, 5.74) is 4.98. The Morgan fingerprint density at radius 3 is 2.68 bits per heavy atom. The summed E-state index contributed by atoms with van der Waals surface area (Å²) in [5, 5.41) is 7.86. The molecule has 0 aliphatic carbocycles. The van der Waals surface area contributed by atoms with Gasteiger partial charge in [0, 0.05) is 43.0 Å². The molecule has 31 heavy (non-hydrogen) atoms. The van der Waals surface area contributed by atoms with Crippen molar-refractivity contribution in [2.45, 2.75) is 13.5 Å². The number of aromatic nitrogens is 5. The minimum absolute atomic E-state index is 0.226. The first-order chi connectivity index (χ1) is 15.2. The van der Waals surface area contributed by atoms with Gasteiger partial charge in [0.1, 0.15) is 5.69 Å². The number of rotatable bonds is 5. The van der Waals surface area contributed by atoms with Crippen molar-refractivity contribution in [3.05, 3.63) is 84.3 Å². The van der Waals surface area contributed by atoms with E-state index in [1.165, 1.54) is 0 Å². The average Bonchev–Trinajstić information content (AvgIpc) is 3.43. The quantitative estimate of drug-likeness (QED) is 0.455. The van der Waals surface area contributed by atoms with Crippen LogP contribution in [0.15, 0.2) is 71.6 Å². The van der Waals surface area contributed by atoms with Crippen molar-refractivity contribution in [1.29, 1.82) is 0 Å². The lowest BCUT2D eigenvalue weighted by molar-refractivity contribution is 0.0946. The SMILES string of the molecule is Cc1nc(-c2cc3cc(-c4ccnc(C(=O)NCc5ccncc5)c4)ccc3[nH]2)no1. The Kier molecular flexibility index (Phi) is 4.72. The zero-order valence-corrected chi connectivity index (χ0v) is 16.7. The number of amides is 1. The third-order valence-corrected chi connectivity index (χ3v) is 4.92. The van der Waals surface area contributed by atoms with Crippen LogP contribution in [-0.2, 0) is 6.54 Å². The molecule has 8 nitrogen and oxygen atoms in total. The number of pyridine rings is 2. The lowest BCUT2D eigenvalue weighted by atomic mass is 10.0. The predicted molar refractivity (Wildman–Crippen MR) is 115 cm³/mol. The van der Waals surface area contributed by atoms with Gasteiger partial charge in [0.25, 0.3) is 5.91 Å². The first-order valence-corrected chi connectivity index (χ1v) is 9.73. The van der Waals surface area contributed by atoms with Gasteiger partial charge in [-0.2, -0.15) is 4.98 Å². The average molecular weight is 410 g/mol. The molecule has 0 unspecified atom stereocenters. The molecule has 5 aromatic rings. The van der Waals surface area contributed by atoms with Gasteiger partial charge in [-0.3, -0.25) is 14.8 Å². The van der Waals surface area contributed by atoms with E-state index in [1.54, 1.807) is 31.6 Å². The maximum Gasteiger partial charge on any atom is 0.270 e. The third-order valence-electron chi connectivity index (χ3n) is 4.92. The molecule has 0 aliphatic rings. The van der Waals surface area contributed by atoms with Gasteiger partial charge in [-0.05, 0) is 59.2 Å². The molecule has 152 valence electrons. The number of hydrogen-bond acceptors (Lipinski definition) is 6. The minimum atomic E-state index is -0.226. The minimum Gasteiger partial charge on any atom is -0.352 e. The number of benzene rings is 1. The van der Waals surface area contributed by atoms with Crippen molar-refractivity contribution in [2.24, 2.45) is 0 Å². The molecule has 5 rings (SSSR count). The van der Waals surface area contributed by atoms with E-state index in [0.29, 0.717) is 24.0 Å². The third kappa shape index (κ3) is 3.91. The van der Waals surface area contributed by atoms with Gasteiger partial charge >= 0.3 is 0 Å². The molecule has 0 spiro atoms. The van der Waals surface area contributed by atoms with Crippen LogP contribution >= 0.6 is 0 Å². The molecule has 0 saturated heterocycles. The Bertz CT molecular complexity index is 1370. The molecule has 0 bridgehead atoms. The lowest BCUT2D eigenvalue weighted by Gasteiger charge is -2.07. The molecular weight excluding hydrogens is 392 g/mol. The van der Waals surface area contributed by atoms with Gasteiger partial charge in [-0.25, -0.2) is 0 Å². The first kappa shape index (κ1) is 18.7. The van der Waals surface area contributed by atoms with Crippen molar-refractivity contribution in [3.8, 4) is 22.6 Å². The molecule has 8 heteroatoms. The molecular formula is C23H18N6O2. The fraction of sp³-hybridized carbons (Fsp3) is 0.0870. The van der Waals surface area contributed by atoms with Gasteiger partial charge in [0.15, 0.2) is 0 Å². The van der Waals surface area contributed by atoms with Crippen LogP contribution in [0.25, 0.3) is 33.5 Å². The maximum absolute atomic E-state index is 12.6. The zero-order valence-electron chi connectivity index (χ0n) is 16.7. The van der Waals surface area contributed by atoms with E-state index in [4.69, 9.17) is 4.52 Å². The highest BCUT2D eigenvalue weighted by Gasteiger charge is 2.12. The zero-order chi connectivity index (χ0) is 21.2. The summed E-state index contributed by atoms with van der Waals surface area (Å²) in [7, 11) is 0. The van der Waals surface area contributed by atoms with Gasteiger partial charge in [-0.15, -0.1) is 0 Å². The van der Waals surface area contributed by atoms with Crippen LogP contribution in [0.3, 0.4) is 0 Å². The highest BCUT2D eigenvalue weighted by molar-refractivity contribution is 5.94. The Balaban J connectivity index is 1.39. The van der Waals surface area contributed by atoms with Gasteiger partial charge in [0.2, 0.25) is 11.7 Å². The summed E-state index contributed by atoms with van der Waals surface area (Å²) in [6.07, 6.45) is 5.04. The number of H-pyrrole nitrogens is 1. The van der Waals surface area contributed by atoms with Crippen molar-refractivity contribution in [2.75, 3.05) is 0 Å². The van der Waals surface area contributed by atoms with Crippen molar-refractivity contribution in [1.82, 2.24) is 30.4 Å². The molecule has 0 aliphatic heterocycles. The molecule has 0 saturated carbocycles. The van der Waals surface area contributed by atoms with Crippen LogP contribution in [0.5, 0.6) is 0 Å². The van der Waals surface area contributed by atoms with E-state index in [2.05, 4.69) is 36.5 Å². The molecule has 0 fully saturated rings. The normalized spacial score (nSPS) is 11.0. The Labute approximate surface area is 177 Å². The fourth-order valence-electron chi connectivity index (χ4n) is 3.35. The second-order valence-corrected chi connectivity index (χ2v) is 7.09. The number of carbonyl (C=O) groups excluding carboxylic acids is 1. The standard InChI is InChI=1S/C23H18N6O2/c1-14-27-22(29-31-14)20-12-18-10-16(2-3-19(18)28-20)17-6-9-25-21(11-17)23(30)26-13-15-4-7-24-8-5-15/h2-12,28H,13H2,1H3,(H,26,30). The lowest BCUT2D eigenvalue weighted by Crippen LogP contribution is -2.23. The summed E-state index contributed by atoms with van der Waals surface area (Å²) in [6, 6.07) is 15.4. The molecule has 4 heterocycles. The van der Waals surface area contributed by atoms with E-state index in [1.807, 2.05) is 36.4 Å². The van der Waals surface area contributed by atoms with E-state index in [-0.39, 0.29) is 5.91 Å². The number of nitrogens with one attached hydrogen (secondary N) is 2. The van der Waals surface area contributed by atoms with Gasteiger partial charge < -0.3 is 14.8 Å². The number of carbonyl (C=O) groups is 1. The van der Waals surface area contributed by atoms with E-state index >= 15 is 0 Å². The van der Waals surface area contributed by atoms with E-state index in [9.17, 15) is 4.79 Å². The topological polar surface area (TPSA) is 110 Å². The van der Waals surface area contributed by atoms with E-state index in [0.717, 1.165) is 33.3 Å². The number of nitrogens with zero attached hydrogens (tertiary/aromatic N) is 4. The second kappa shape index (κ2) is 7.83. The number of fused-ring (bicyclic) bond motifs is 1. The second-order valence-electron chi connectivity index (χ2n) is 7.09. The Morgan fingerprint density at radius 1 is 1.03 bits per heavy atom.